The Morgan fingerprint density at radius 3 is 2.59 bits per heavy atom. The number of nitrogens with one attached hydrogen (secondary N) is 1. The van der Waals surface area contributed by atoms with Gasteiger partial charge in [0.15, 0.2) is 5.82 Å². The summed E-state index contributed by atoms with van der Waals surface area (Å²) in [5.74, 6) is 8.97. The fourth-order valence-electron chi connectivity index (χ4n) is 3.38. The van der Waals surface area contributed by atoms with Gasteiger partial charge >= 0.3 is 0 Å². The number of halogens is 1. The number of nitrogens with two attached hydrogens (primary N) is 2. The molecule has 1 saturated carbocycles. The number of thioether (sulfide) groups is 1. The van der Waals surface area contributed by atoms with Crippen molar-refractivity contribution in [3.05, 3.63) is 40.9 Å². The molecular formula is C18H22ClN9S. The zero-order valence-electron chi connectivity index (χ0n) is 15.8. The van der Waals surface area contributed by atoms with Gasteiger partial charge in [-0.15, -0.1) is 10.2 Å². The summed E-state index contributed by atoms with van der Waals surface area (Å²) in [4.78, 5) is 12.8. The van der Waals surface area contributed by atoms with Gasteiger partial charge in [0.1, 0.15) is 5.82 Å². The third-order valence-corrected chi connectivity index (χ3v) is 5.98. The zero-order chi connectivity index (χ0) is 20.2. The second kappa shape index (κ2) is 8.83. The molecule has 29 heavy (non-hydrogen) atoms. The van der Waals surface area contributed by atoms with Crippen LogP contribution in [0.4, 0.5) is 17.6 Å². The molecule has 3 aromatic rings. The van der Waals surface area contributed by atoms with Crippen LogP contribution in [0.1, 0.15) is 49.7 Å². The summed E-state index contributed by atoms with van der Waals surface area (Å²) in [6, 6.07) is 7.23. The number of aromatic nitrogens is 6. The minimum absolute atomic E-state index is 0.143. The van der Waals surface area contributed by atoms with E-state index >= 15 is 0 Å². The molecule has 1 aromatic carbocycles. The van der Waals surface area contributed by atoms with Gasteiger partial charge in [-0.1, -0.05) is 42.6 Å². The molecule has 2 aromatic heterocycles. The number of hydrogen-bond donors (Lipinski definition) is 3. The molecular weight excluding hydrogens is 410 g/mol. The van der Waals surface area contributed by atoms with Gasteiger partial charge in [-0.3, -0.25) is 0 Å². The fourth-order valence-corrected chi connectivity index (χ4v) is 4.22. The number of rotatable bonds is 6. The van der Waals surface area contributed by atoms with Crippen molar-refractivity contribution in [2.45, 2.75) is 48.9 Å². The molecule has 0 radical (unpaired) electrons. The molecule has 0 bridgehead atoms. The summed E-state index contributed by atoms with van der Waals surface area (Å²) in [7, 11) is 0. The van der Waals surface area contributed by atoms with Gasteiger partial charge in [0, 0.05) is 16.6 Å². The largest absolute Gasteiger partial charge is 0.368 e. The van der Waals surface area contributed by atoms with E-state index in [1.54, 1.807) is 16.8 Å². The minimum atomic E-state index is 0.143. The Balaban J connectivity index is 1.44. The zero-order valence-corrected chi connectivity index (χ0v) is 17.3. The summed E-state index contributed by atoms with van der Waals surface area (Å²) in [5.41, 5.74) is 6.65. The Morgan fingerprint density at radius 1 is 1.07 bits per heavy atom. The van der Waals surface area contributed by atoms with Crippen LogP contribution in [-0.4, -0.2) is 29.8 Å². The topological polar surface area (TPSA) is 133 Å². The van der Waals surface area contributed by atoms with Crippen molar-refractivity contribution in [1.29, 1.82) is 0 Å². The Kier molecular flexibility index (Phi) is 6.00. The number of nitrogen functional groups attached to an aromatic ring is 2. The molecule has 0 spiro atoms. The average Bonchev–Trinajstić information content (AvgIpc) is 3.09. The third-order valence-electron chi connectivity index (χ3n) is 4.79. The average molecular weight is 432 g/mol. The highest BCUT2D eigenvalue weighted by molar-refractivity contribution is 7.98. The van der Waals surface area contributed by atoms with E-state index in [-0.39, 0.29) is 5.95 Å². The van der Waals surface area contributed by atoms with Crippen molar-refractivity contribution in [1.82, 2.24) is 29.8 Å². The second-order valence-corrected chi connectivity index (χ2v) is 8.28. The van der Waals surface area contributed by atoms with E-state index in [2.05, 4.69) is 30.5 Å². The lowest BCUT2D eigenvalue weighted by molar-refractivity contribution is 0.421. The first-order valence-electron chi connectivity index (χ1n) is 9.44. The fraction of sp³-hybridized carbons (Fsp3) is 0.389. The first-order chi connectivity index (χ1) is 14.1. The summed E-state index contributed by atoms with van der Waals surface area (Å²) < 4.78 is 1.60. The summed E-state index contributed by atoms with van der Waals surface area (Å²) in [6.07, 6.45) is 5.94. The smallest absolute Gasteiger partial charge is 0.232 e. The van der Waals surface area contributed by atoms with E-state index in [4.69, 9.17) is 23.2 Å². The molecule has 2 heterocycles. The Labute approximate surface area is 177 Å². The van der Waals surface area contributed by atoms with Gasteiger partial charge in [0.2, 0.25) is 17.1 Å². The van der Waals surface area contributed by atoms with Gasteiger partial charge in [-0.2, -0.15) is 15.0 Å². The van der Waals surface area contributed by atoms with Crippen LogP contribution in [-0.2, 0) is 5.75 Å². The van der Waals surface area contributed by atoms with Gasteiger partial charge in [0.25, 0.3) is 0 Å². The number of nitrogens with zero attached hydrogens (tertiary/aromatic N) is 6. The van der Waals surface area contributed by atoms with Crippen LogP contribution in [0.5, 0.6) is 0 Å². The summed E-state index contributed by atoms with van der Waals surface area (Å²) >= 11 is 7.33. The minimum Gasteiger partial charge on any atom is -0.368 e. The lowest BCUT2D eigenvalue weighted by Crippen LogP contribution is -2.18. The van der Waals surface area contributed by atoms with Crippen LogP contribution in [0.2, 0.25) is 5.02 Å². The van der Waals surface area contributed by atoms with Crippen molar-refractivity contribution in [2.75, 3.05) is 16.9 Å². The molecule has 0 atom stereocenters. The molecule has 5 N–H and O–H groups in total. The standard InChI is InChI=1S/C18H22ClN9S/c19-12-6-8-13(9-7-12)22-17-24-14(23-16(20)25-17)10-29-18-27-26-15(28(18)21)11-4-2-1-3-5-11/h6-9,11H,1-5,10,21H2,(H3,20,22,23,24,25). The predicted molar refractivity (Wildman–Crippen MR) is 115 cm³/mol. The maximum atomic E-state index is 6.24. The van der Waals surface area contributed by atoms with E-state index in [0.29, 0.717) is 33.6 Å². The third kappa shape index (κ3) is 4.88. The second-order valence-electron chi connectivity index (χ2n) is 6.90. The van der Waals surface area contributed by atoms with Crippen LogP contribution < -0.4 is 16.9 Å². The van der Waals surface area contributed by atoms with E-state index in [9.17, 15) is 0 Å². The van der Waals surface area contributed by atoms with Crippen LogP contribution in [0.3, 0.4) is 0 Å². The van der Waals surface area contributed by atoms with Crippen molar-refractivity contribution in [3.63, 3.8) is 0 Å². The van der Waals surface area contributed by atoms with Gasteiger partial charge in [-0.05, 0) is 37.1 Å². The van der Waals surface area contributed by atoms with Crippen LogP contribution in [0.15, 0.2) is 29.4 Å². The molecule has 0 aliphatic heterocycles. The molecule has 1 aliphatic carbocycles. The Bertz CT molecular complexity index is 970. The van der Waals surface area contributed by atoms with Gasteiger partial charge in [0.05, 0.1) is 5.75 Å². The van der Waals surface area contributed by atoms with Gasteiger partial charge in [-0.25, -0.2) is 4.68 Å². The molecule has 9 nitrogen and oxygen atoms in total. The van der Waals surface area contributed by atoms with Crippen LogP contribution in [0.25, 0.3) is 0 Å². The highest BCUT2D eigenvalue weighted by atomic mass is 35.5. The normalized spacial score (nSPS) is 14.8. The van der Waals surface area contributed by atoms with Crippen molar-refractivity contribution in [2.24, 2.45) is 0 Å². The number of hydrogen-bond acceptors (Lipinski definition) is 9. The first-order valence-corrected chi connectivity index (χ1v) is 10.8. The van der Waals surface area contributed by atoms with E-state index < -0.39 is 0 Å². The lowest BCUT2D eigenvalue weighted by atomic mass is 9.89. The van der Waals surface area contributed by atoms with Crippen molar-refractivity contribution >= 4 is 40.9 Å². The van der Waals surface area contributed by atoms with Crippen LogP contribution >= 0.6 is 23.4 Å². The number of benzene rings is 1. The van der Waals surface area contributed by atoms with E-state index in [1.165, 1.54) is 31.0 Å². The Hall–Kier alpha value is -2.59. The highest BCUT2D eigenvalue weighted by Gasteiger charge is 2.22. The predicted octanol–water partition coefficient (Wildman–Crippen LogP) is 3.50. The maximum Gasteiger partial charge on any atom is 0.232 e. The SMILES string of the molecule is Nc1nc(CSc2nnc(C3CCCCC3)n2N)nc(Nc2ccc(Cl)cc2)n1. The molecule has 4 rings (SSSR count). The van der Waals surface area contributed by atoms with E-state index in [1.807, 2.05) is 12.1 Å². The van der Waals surface area contributed by atoms with Gasteiger partial charge < -0.3 is 16.9 Å². The quantitative estimate of drug-likeness (QED) is 0.396. The molecule has 11 heteroatoms. The van der Waals surface area contributed by atoms with E-state index in [0.717, 1.165) is 24.4 Å². The Morgan fingerprint density at radius 2 is 1.83 bits per heavy atom. The highest BCUT2D eigenvalue weighted by Crippen LogP contribution is 2.32. The first kappa shape index (κ1) is 19.7. The summed E-state index contributed by atoms with van der Waals surface area (Å²) in [5, 5.41) is 13.0. The molecule has 0 amide bonds. The molecule has 152 valence electrons. The van der Waals surface area contributed by atoms with Crippen molar-refractivity contribution in [3.8, 4) is 0 Å². The maximum absolute atomic E-state index is 6.24. The molecule has 1 aliphatic rings. The molecule has 1 fully saturated rings. The lowest BCUT2D eigenvalue weighted by Gasteiger charge is -2.20. The van der Waals surface area contributed by atoms with Crippen LogP contribution in [0, 0.1) is 0 Å². The monoisotopic (exact) mass is 431 g/mol. The number of anilines is 3. The summed E-state index contributed by atoms with van der Waals surface area (Å²) in [6.45, 7) is 0. The molecule has 0 unspecified atom stereocenters. The van der Waals surface area contributed by atoms with Crippen molar-refractivity contribution < 1.29 is 0 Å². The molecule has 0 saturated heterocycles.